The fourth-order valence-electron chi connectivity index (χ4n) is 11.8. The number of hydrogen-bond donors (Lipinski definition) is 0. The molecule has 8 fully saturated rings. The zero-order valence-corrected chi connectivity index (χ0v) is 14.4. The van der Waals surface area contributed by atoms with Gasteiger partial charge in [0, 0.05) is 0 Å². The molecule has 0 aromatic rings. The Kier molecular flexibility index (Phi) is 1.51. The Morgan fingerprint density at radius 2 is 0.364 bits per heavy atom. The SMILES string of the molecule is CC1C(C)C2C1C1C2C2C1C1C3C4C5C(C)C(C)C5C4C3C21. The maximum atomic E-state index is 2.57. The predicted molar refractivity (Wildman–Crippen MR) is 85.5 cm³/mol. The lowest BCUT2D eigenvalue weighted by Crippen LogP contribution is -2.92. The highest BCUT2D eigenvalue weighted by Crippen LogP contribution is 2.93. The molecule has 0 amide bonds. The largest absolute Gasteiger partial charge is 0.0620 e. The van der Waals surface area contributed by atoms with Crippen LogP contribution in [0.4, 0.5) is 0 Å². The molecule has 16 unspecified atom stereocenters. The molecule has 0 aromatic heterocycles. The topological polar surface area (TPSA) is 0 Å². The summed E-state index contributed by atoms with van der Waals surface area (Å²) >= 11 is 0. The molecule has 8 rings (SSSR count). The van der Waals surface area contributed by atoms with Crippen molar-refractivity contribution in [1.82, 2.24) is 0 Å². The molecule has 0 heteroatoms. The van der Waals surface area contributed by atoms with Gasteiger partial charge in [0.05, 0.1) is 0 Å². The normalized spacial score (nSPS) is 88.9. The second-order valence-corrected chi connectivity index (χ2v) is 11.5. The number of fused-ring (bicyclic) bond motifs is 19. The molecule has 0 spiro atoms. The Morgan fingerprint density at radius 1 is 0.227 bits per heavy atom. The Bertz CT molecular complexity index is 516. The average Bonchev–Trinajstić information content (AvgIpc) is 2.47. The van der Waals surface area contributed by atoms with Crippen LogP contribution >= 0.6 is 0 Å². The third kappa shape index (κ3) is 0.722. The monoisotopic (exact) mass is 294 g/mol. The summed E-state index contributed by atoms with van der Waals surface area (Å²) in [5.41, 5.74) is 0. The van der Waals surface area contributed by atoms with Crippen LogP contribution in [0.1, 0.15) is 27.7 Å². The second-order valence-electron chi connectivity index (χ2n) is 11.5. The number of rotatable bonds is 0. The van der Waals surface area contributed by atoms with Crippen LogP contribution in [0, 0.1) is 107 Å². The minimum atomic E-state index is 1.08. The first kappa shape index (κ1) is 11.5. The smallest absolute Gasteiger partial charge is 0.0312 e. The summed E-state index contributed by atoms with van der Waals surface area (Å²) in [5.74, 6) is 21.7. The van der Waals surface area contributed by atoms with Gasteiger partial charge >= 0.3 is 0 Å². The van der Waals surface area contributed by atoms with Gasteiger partial charge in [0.2, 0.25) is 0 Å². The molecule has 8 aliphatic carbocycles. The first-order valence-electron chi connectivity index (χ1n) is 10.6. The van der Waals surface area contributed by atoms with E-state index in [4.69, 9.17) is 0 Å². The van der Waals surface area contributed by atoms with Crippen molar-refractivity contribution in [3.8, 4) is 0 Å². The minimum absolute atomic E-state index is 1.08. The van der Waals surface area contributed by atoms with E-state index in [0.29, 0.717) is 0 Å². The van der Waals surface area contributed by atoms with Gasteiger partial charge in [-0.1, -0.05) is 27.7 Å². The quantitative estimate of drug-likeness (QED) is 0.585. The van der Waals surface area contributed by atoms with Gasteiger partial charge in [-0.15, -0.1) is 0 Å². The summed E-state index contributed by atoms with van der Waals surface area (Å²) in [6, 6.07) is 0. The molecule has 0 heterocycles. The van der Waals surface area contributed by atoms with Gasteiger partial charge in [0.25, 0.3) is 0 Å². The molecular weight excluding hydrogens is 264 g/mol. The van der Waals surface area contributed by atoms with E-state index < -0.39 is 0 Å². The molecule has 8 saturated carbocycles. The Labute approximate surface area is 134 Å². The van der Waals surface area contributed by atoms with E-state index in [9.17, 15) is 0 Å². The summed E-state index contributed by atoms with van der Waals surface area (Å²) in [6.45, 7) is 10.3. The van der Waals surface area contributed by atoms with Crippen LogP contribution in [0.15, 0.2) is 0 Å². The van der Waals surface area contributed by atoms with E-state index in [2.05, 4.69) is 27.7 Å². The van der Waals surface area contributed by atoms with Gasteiger partial charge in [-0.3, -0.25) is 0 Å². The van der Waals surface area contributed by atoms with E-state index in [1.807, 2.05) is 0 Å². The van der Waals surface area contributed by atoms with E-state index in [-0.39, 0.29) is 0 Å². The summed E-state index contributed by atoms with van der Waals surface area (Å²) in [7, 11) is 0. The first-order valence-corrected chi connectivity index (χ1v) is 10.6. The van der Waals surface area contributed by atoms with Crippen molar-refractivity contribution in [2.75, 3.05) is 0 Å². The van der Waals surface area contributed by atoms with Crippen molar-refractivity contribution in [3.05, 3.63) is 0 Å². The van der Waals surface area contributed by atoms with Crippen molar-refractivity contribution in [1.29, 1.82) is 0 Å². The molecule has 0 saturated heterocycles. The Morgan fingerprint density at radius 3 is 0.545 bits per heavy atom. The van der Waals surface area contributed by atoms with E-state index in [0.717, 1.165) is 23.7 Å². The third-order valence-electron chi connectivity index (χ3n) is 12.5. The van der Waals surface area contributed by atoms with Crippen LogP contribution in [0.25, 0.3) is 0 Å². The lowest BCUT2D eigenvalue weighted by atomic mass is 9.09. The maximum absolute atomic E-state index is 2.57. The van der Waals surface area contributed by atoms with E-state index in [1.165, 1.54) is 82.9 Å². The first-order chi connectivity index (χ1) is 10.6. The van der Waals surface area contributed by atoms with Gasteiger partial charge in [-0.2, -0.15) is 0 Å². The third-order valence-corrected chi connectivity index (χ3v) is 12.5. The van der Waals surface area contributed by atoms with Gasteiger partial charge < -0.3 is 0 Å². The van der Waals surface area contributed by atoms with Crippen LogP contribution in [-0.2, 0) is 0 Å². The highest BCUT2D eigenvalue weighted by molar-refractivity contribution is 5.37. The molecule has 0 aromatic carbocycles. The molecule has 0 nitrogen and oxygen atoms in total. The molecular formula is C22H30. The number of hydrogen-bond acceptors (Lipinski definition) is 0. The van der Waals surface area contributed by atoms with Crippen molar-refractivity contribution in [2.45, 2.75) is 27.7 Å². The fourth-order valence-corrected chi connectivity index (χ4v) is 11.8. The lowest BCUT2D eigenvalue weighted by molar-refractivity contribution is -0.484. The van der Waals surface area contributed by atoms with Gasteiger partial charge in [0.15, 0.2) is 0 Å². The van der Waals surface area contributed by atoms with Crippen LogP contribution in [-0.4, -0.2) is 0 Å². The minimum Gasteiger partial charge on any atom is -0.0620 e. The van der Waals surface area contributed by atoms with Crippen LogP contribution in [0.3, 0.4) is 0 Å². The lowest BCUT2D eigenvalue weighted by Gasteiger charge is -2.95. The summed E-state index contributed by atoms with van der Waals surface area (Å²) in [6.07, 6.45) is 0. The molecule has 8 aliphatic rings. The van der Waals surface area contributed by atoms with Crippen LogP contribution in [0.2, 0.25) is 0 Å². The fraction of sp³-hybridized carbons (Fsp3) is 1.00. The van der Waals surface area contributed by atoms with Crippen LogP contribution < -0.4 is 0 Å². The second kappa shape index (κ2) is 2.88. The average molecular weight is 294 g/mol. The highest BCUT2D eigenvalue weighted by Gasteiger charge is 2.90. The zero-order chi connectivity index (χ0) is 14.4. The van der Waals surface area contributed by atoms with E-state index >= 15 is 0 Å². The van der Waals surface area contributed by atoms with Gasteiger partial charge in [-0.25, -0.2) is 0 Å². The molecule has 0 N–H and O–H groups in total. The Balaban J connectivity index is 1.10. The van der Waals surface area contributed by atoms with Crippen molar-refractivity contribution >= 4 is 0 Å². The summed E-state index contributed by atoms with van der Waals surface area (Å²) in [5, 5.41) is 0. The van der Waals surface area contributed by atoms with Crippen molar-refractivity contribution < 1.29 is 0 Å². The molecule has 0 aliphatic heterocycles. The summed E-state index contributed by atoms with van der Waals surface area (Å²) < 4.78 is 0. The molecule has 22 heavy (non-hydrogen) atoms. The van der Waals surface area contributed by atoms with Crippen molar-refractivity contribution in [3.63, 3.8) is 0 Å². The predicted octanol–water partition coefficient (Wildman–Crippen LogP) is 4.27. The Hall–Kier alpha value is 0. The van der Waals surface area contributed by atoms with E-state index in [1.54, 1.807) is 0 Å². The highest BCUT2D eigenvalue weighted by atomic mass is 14.9. The molecule has 118 valence electrons. The molecule has 0 bridgehead atoms. The van der Waals surface area contributed by atoms with Gasteiger partial charge in [-0.05, 0) is 107 Å². The van der Waals surface area contributed by atoms with Crippen molar-refractivity contribution in [2.24, 2.45) is 107 Å². The zero-order valence-electron chi connectivity index (χ0n) is 14.4. The standard InChI is InChI=1S/C22H30/c1-5-6(2)10-9(5)13-14(10)18-17(13)21-19-15-11-7(3)8(4)12(11)16(15)20(19)22(18)21/h5-22H,1-4H3. The maximum Gasteiger partial charge on any atom is -0.0312 e. The van der Waals surface area contributed by atoms with Crippen LogP contribution in [0.5, 0.6) is 0 Å². The molecule has 16 atom stereocenters. The molecule has 0 radical (unpaired) electrons. The van der Waals surface area contributed by atoms with Gasteiger partial charge in [0.1, 0.15) is 0 Å². The summed E-state index contributed by atoms with van der Waals surface area (Å²) in [4.78, 5) is 0.